The van der Waals surface area contributed by atoms with Gasteiger partial charge < -0.3 is 5.11 Å². The zero-order chi connectivity index (χ0) is 13.1. The number of aromatic nitrogens is 1. The summed E-state index contributed by atoms with van der Waals surface area (Å²) in [4.78, 5) is 18.2. The average molecular weight is 256 g/mol. The maximum Gasteiger partial charge on any atom is 0.304 e. The highest BCUT2D eigenvalue weighted by Crippen LogP contribution is 2.29. The number of hydrogen-bond donors (Lipinski definition) is 1. The van der Waals surface area contributed by atoms with Crippen molar-refractivity contribution in [3.8, 4) is 0 Å². The second-order valence-electron chi connectivity index (χ2n) is 5.09. The average Bonchev–Trinajstić information content (AvgIpc) is 2.67. The fourth-order valence-corrected chi connectivity index (χ4v) is 2.60. The van der Waals surface area contributed by atoms with Gasteiger partial charge in [0.25, 0.3) is 0 Å². The summed E-state index contributed by atoms with van der Waals surface area (Å²) in [5, 5.41) is 8.80. The van der Waals surface area contributed by atoms with Gasteiger partial charge in [-0.15, -0.1) is 11.3 Å². The van der Waals surface area contributed by atoms with Gasteiger partial charge in [0.15, 0.2) is 0 Å². The van der Waals surface area contributed by atoms with E-state index in [1.807, 2.05) is 11.7 Å². The minimum absolute atomic E-state index is 0.0567. The Bertz CT molecular complexity index is 357. The Balaban J connectivity index is 2.79. The molecule has 5 heteroatoms. The van der Waals surface area contributed by atoms with Crippen LogP contribution in [0.3, 0.4) is 0 Å². The Morgan fingerprint density at radius 1 is 1.59 bits per heavy atom. The Kier molecular flexibility index (Phi) is 4.65. The molecule has 0 aromatic carbocycles. The van der Waals surface area contributed by atoms with Crippen LogP contribution in [0.4, 0.5) is 0 Å². The molecule has 0 saturated carbocycles. The van der Waals surface area contributed by atoms with Crippen LogP contribution in [0.5, 0.6) is 0 Å². The van der Waals surface area contributed by atoms with Gasteiger partial charge in [-0.1, -0.05) is 0 Å². The van der Waals surface area contributed by atoms with Crippen LogP contribution < -0.4 is 0 Å². The van der Waals surface area contributed by atoms with Crippen molar-refractivity contribution in [3.63, 3.8) is 0 Å². The predicted octanol–water partition coefficient (Wildman–Crippen LogP) is 2.78. The predicted molar refractivity (Wildman–Crippen MR) is 69.2 cm³/mol. The van der Waals surface area contributed by atoms with Crippen LogP contribution in [-0.4, -0.2) is 33.0 Å². The maximum atomic E-state index is 10.7. The lowest BCUT2D eigenvalue weighted by molar-refractivity contribution is -0.137. The number of thiazole rings is 1. The molecular formula is C12H20N2O2S. The molecule has 17 heavy (non-hydrogen) atoms. The van der Waals surface area contributed by atoms with E-state index in [0.29, 0.717) is 6.54 Å². The van der Waals surface area contributed by atoms with Crippen molar-refractivity contribution in [2.75, 3.05) is 6.54 Å². The van der Waals surface area contributed by atoms with Crippen LogP contribution in [0.1, 0.15) is 45.0 Å². The van der Waals surface area contributed by atoms with Gasteiger partial charge in [0.2, 0.25) is 0 Å². The molecule has 0 saturated heterocycles. The lowest BCUT2D eigenvalue weighted by atomic mass is 10.0. The zero-order valence-corrected chi connectivity index (χ0v) is 11.6. The van der Waals surface area contributed by atoms with Crippen molar-refractivity contribution < 1.29 is 9.90 Å². The van der Waals surface area contributed by atoms with Gasteiger partial charge in [-0.2, -0.15) is 0 Å². The smallest absolute Gasteiger partial charge is 0.304 e. The molecule has 1 N–H and O–H groups in total. The van der Waals surface area contributed by atoms with Crippen LogP contribution in [0, 0.1) is 0 Å². The van der Waals surface area contributed by atoms with Crippen molar-refractivity contribution in [2.24, 2.45) is 0 Å². The molecule has 1 unspecified atom stereocenters. The Morgan fingerprint density at radius 2 is 2.24 bits per heavy atom. The molecule has 1 atom stereocenters. The molecule has 0 fully saturated rings. The summed E-state index contributed by atoms with van der Waals surface area (Å²) in [7, 11) is 0. The number of nitrogens with zero attached hydrogens (tertiary/aromatic N) is 2. The van der Waals surface area contributed by atoms with E-state index in [4.69, 9.17) is 5.11 Å². The third kappa shape index (κ3) is 4.09. The van der Waals surface area contributed by atoms with Crippen LogP contribution in [0.15, 0.2) is 11.7 Å². The largest absolute Gasteiger partial charge is 0.481 e. The molecule has 0 aliphatic carbocycles. The molecule has 1 aromatic heterocycles. The van der Waals surface area contributed by atoms with E-state index >= 15 is 0 Å². The first-order valence-electron chi connectivity index (χ1n) is 5.69. The summed E-state index contributed by atoms with van der Waals surface area (Å²) < 4.78 is 0. The second kappa shape index (κ2) is 5.60. The minimum atomic E-state index is -0.754. The van der Waals surface area contributed by atoms with Crippen molar-refractivity contribution >= 4 is 17.3 Å². The molecule has 1 aromatic rings. The van der Waals surface area contributed by atoms with Gasteiger partial charge in [-0.25, -0.2) is 0 Å². The zero-order valence-electron chi connectivity index (χ0n) is 10.8. The van der Waals surface area contributed by atoms with Gasteiger partial charge in [0.05, 0.1) is 11.9 Å². The van der Waals surface area contributed by atoms with Crippen molar-refractivity contribution in [3.05, 3.63) is 16.6 Å². The first-order chi connectivity index (χ1) is 7.82. The molecule has 0 bridgehead atoms. The number of carboxylic acids is 1. The molecule has 0 spiro atoms. The van der Waals surface area contributed by atoms with Gasteiger partial charge in [0, 0.05) is 29.2 Å². The van der Waals surface area contributed by atoms with E-state index in [1.54, 1.807) is 11.3 Å². The number of carbonyl (C=O) groups is 1. The molecule has 0 aliphatic heterocycles. The van der Waals surface area contributed by atoms with E-state index in [0.717, 1.165) is 0 Å². The first-order valence-corrected chi connectivity index (χ1v) is 6.57. The summed E-state index contributed by atoms with van der Waals surface area (Å²) >= 11 is 1.61. The van der Waals surface area contributed by atoms with Crippen LogP contribution in [0.25, 0.3) is 0 Å². The number of rotatable bonds is 5. The highest BCUT2D eigenvalue weighted by atomic mass is 32.1. The topological polar surface area (TPSA) is 53.4 Å². The van der Waals surface area contributed by atoms with E-state index < -0.39 is 5.97 Å². The van der Waals surface area contributed by atoms with Gasteiger partial charge in [0.1, 0.15) is 0 Å². The molecule has 96 valence electrons. The Morgan fingerprint density at radius 3 is 2.65 bits per heavy atom. The standard InChI is InChI=1S/C12H20N2O2S/c1-9(10-7-13-8-17-10)14(12(2,3)4)6-5-11(15)16/h7-9H,5-6H2,1-4H3,(H,15,16). The van der Waals surface area contributed by atoms with Gasteiger partial charge in [-0.3, -0.25) is 14.7 Å². The number of carboxylic acid groups (broad SMARTS) is 1. The lowest BCUT2D eigenvalue weighted by Crippen LogP contribution is -2.43. The van der Waals surface area contributed by atoms with E-state index in [1.165, 1.54) is 4.88 Å². The molecule has 4 nitrogen and oxygen atoms in total. The lowest BCUT2D eigenvalue weighted by Gasteiger charge is -2.39. The van der Waals surface area contributed by atoms with E-state index in [2.05, 4.69) is 37.6 Å². The van der Waals surface area contributed by atoms with Crippen LogP contribution >= 0.6 is 11.3 Å². The molecule has 0 radical (unpaired) electrons. The van der Waals surface area contributed by atoms with Crippen molar-refractivity contribution in [1.82, 2.24) is 9.88 Å². The number of hydrogen-bond acceptors (Lipinski definition) is 4. The molecule has 1 heterocycles. The number of aliphatic carboxylic acids is 1. The van der Waals surface area contributed by atoms with Crippen LogP contribution in [0.2, 0.25) is 0 Å². The van der Waals surface area contributed by atoms with Crippen molar-refractivity contribution in [1.29, 1.82) is 0 Å². The van der Waals surface area contributed by atoms with E-state index in [9.17, 15) is 4.79 Å². The molecular weight excluding hydrogens is 236 g/mol. The highest BCUT2D eigenvalue weighted by Gasteiger charge is 2.28. The van der Waals surface area contributed by atoms with Gasteiger partial charge in [-0.05, 0) is 27.7 Å². The normalized spacial score (nSPS) is 13.9. The quantitative estimate of drug-likeness (QED) is 0.880. The second-order valence-corrected chi connectivity index (χ2v) is 6.01. The van der Waals surface area contributed by atoms with Crippen molar-refractivity contribution in [2.45, 2.75) is 45.7 Å². The minimum Gasteiger partial charge on any atom is -0.481 e. The third-order valence-corrected chi connectivity index (χ3v) is 3.70. The Hall–Kier alpha value is -0.940. The summed E-state index contributed by atoms with van der Waals surface area (Å²) in [5.41, 5.74) is 1.75. The third-order valence-electron chi connectivity index (χ3n) is 2.76. The SMILES string of the molecule is CC(c1cncs1)N(CCC(=O)O)C(C)(C)C. The van der Waals surface area contributed by atoms with E-state index in [-0.39, 0.29) is 18.0 Å². The molecule has 1 rings (SSSR count). The fourth-order valence-electron chi connectivity index (χ4n) is 1.91. The summed E-state index contributed by atoms with van der Waals surface area (Å²) in [6, 6.07) is 0.196. The summed E-state index contributed by atoms with van der Waals surface area (Å²) in [6.45, 7) is 8.96. The first kappa shape index (κ1) is 14.1. The summed E-state index contributed by atoms with van der Waals surface area (Å²) in [6.07, 6.45) is 2.02. The van der Waals surface area contributed by atoms with Crippen LogP contribution in [-0.2, 0) is 4.79 Å². The Labute approximate surface area is 106 Å². The summed E-state index contributed by atoms with van der Waals surface area (Å²) in [5.74, 6) is -0.754. The molecule has 0 aliphatic rings. The molecule has 0 amide bonds. The monoisotopic (exact) mass is 256 g/mol. The maximum absolute atomic E-state index is 10.7. The van der Waals surface area contributed by atoms with Gasteiger partial charge >= 0.3 is 5.97 Å². The fraction of sp³-hybridized carbons (Fsp3) is 0.667. The highest BCUT2D eigenvalue weighted by molar-refractivity contribution is 7.09.